The first kappa shape index (κ1) is 31.3. The molecule has 190 valence electrons. The van der Waals surface area contributed by atoms with E-state index in [2.05, 4.69) is 64.4 Å². The van der Waals surface area contributed by atoms with Crippen LogP contribution < -0.4 is 9.47 Å². The van der Waals surface area contributed by atoms with Crippen LogP contribution in [0.3, 0.4) is 0 Å². The minimum atomic E-state index is -0.340. The minimum absolute atomic E-state index is 0.122. The number of methoxy groups -OCH3 is 1. The lowest BCUT2D eigenvalue weighted by Crippen LogP contribution is -2.21. The molecule has 5 heteroatoms. The van der Waals surface area contributed by atoms with Crippen molar-refractivity contribution in [3.05, 3.63) is 42.2 Å². The average Bonchev–Trinajstić information content (AvgIpc) is 2.79. The number of rotatable bonds is 8. The largest absolute Gasteiger partial charge is 0.493 e. The van der Waals surface area contributed by atoms with Gasteiger partial charge in [-0.15, -0.1) is 0 Å². The number of pyridine rings is 1. The van der Waals surface area contributed by atoms with Gasteiger partial charge in [-0.25, -0.2) is 10.0 Å². The molecule has 1 heterocycles. The lowest BCUT2D eigenvalue weighted by Gasteiger charge is -2.40. The summed E-state index contributed by atoms with van der Waals surface area (Å²) in [6.07, 6.45) is 12.5. The van der Waals surface area contributed by atoms with E-state index in [4.69, 9.17) is 9.47 Å². The van der Waals surface area contributed by atoms with Crippen LogP contribution in [0.4, 0.5) is 0 Å². The number of benzene rings is 1. The molecule has 0 fully saturated rings. The summed E-state index contributed by atoms with van der Waals surface area (Å²) in [5.41, 5.74) is 3.09. The van der Waals surface area contributed by atoms with Crippen molar-refractivity contribution in [1.82, 2.24) is 4.98 Å². The lowest BCUT2D eigenvalue weighted by atomic mass is 9.96. The second-order valence-electron chi connectivity index (χ2n) is 9.46. The zero-order valence-corrected chi connectivity index (χ0v) is 23.8. The van der Waals surface area contributed by atoms with Gasteiger partial charge < -0.3 is 14.6 Å². The van der Waals surface area contributed by atoms with Crippen molar-refractivity contribution in [2.75, 3.05) is 39.1 Å². The van der Waals surface area contributed by atoms with E-state index in [9.17, 15) is 5.11 Å². The Hall–Kier alpha value is -1.72. The highest BCUT2D eigenvalue weighted by Crippen LogP contribution is 2.48. The maximum atomic E-state index is 9.49. The van der Waals surface area contributed by atoms with Crippen LogP contribution in [0.2, 0.25) is 0 Å². The fraction of sp³-hybridized carbons (Fsp3) is 0.607. The number of aliphatic hydroxyl groups excluding tert-OH is 1. The predicted molar refractivity (Wildman–Crippen MR) is 149 cm³/mol. The van der Waals surface area contributed by atoms with E-state index in [0.717, 1.165) is 41.0 Å². The summed E-state index contributed by atoms with van der Waals surface area (Å²) < 4.78 is 11.7. The highest BCUT2D eigenvalue weighted by molar-refractivity contribution is 8.33. The third-order valence-corrected chi connectivity index (χ3v) is 9.41. The molecular formula is C28H49NO3S. The lowest BCUT2D eigenvalue weighted by molar-refractivity contribution is 0.262. The molecular weight excluding hydrogens is 430 g/mol. The monoisotopic (exact) mass is 479 g/mol. The van der Waals surface area contributed by atoms with Gasteiger partial charge in [0.2, 0.25) is 0 Å². The Kier molecular flexibility index (Phi) is 14.4. The molecule has 1 N–H and O–H groups in total. The van der Waals surface area contributed by atoms with E-state index in [-0.39, 0.29) is 22.6 Å². The van der Waals surface area contributed by atoms with Crippen LogP contribution in [0.25, 0.3) is 11.1 Å². The second-order valence-corrected chi connectivity index (χ2v) is 14.4. The van der Waals surface area contributed by atoms with Gasteiger partial charge in [-0.1, -0.05) is 54.5 Å². The van der Waals surface area contributed by atoms with Crippen molar-refractivity contribution in [3.63, 3.8) is 0 Å². The standard InChI is InChI=1S/C19H25NO3.C7H18S.C2H6/c1-4-8-23-19-10-15(6-7-18(19)22-3)17-9-16(11-20-12-17)14(5-2)13-21;1-7(2,3)8(4,5)6;1-2/h6-7,9-12,14,21H,4-5,8,13H2,1-3H3;1-6H3;1-2H3. The van der Waals surface area contributed by atoms with Gasteiger partial charge >= 0.3 is 0 Å². The van der Waals surface area contributed by atoms with Gasteiger partial charge in [0.1, 0.15) is 0 Å². The average molecular weight is 480 g/mol. The summed E-state index contributed by atoms with van der Waals surface area (Å²) >= 11 is 0. The van der Waals surface area contributed by atoms with Crippen LogP contribution in [0, 0.1) is 0 Å². The van der Waals surface area contributed by atoms with E-state index in [1.165, 1.54) is 0 Å². The van der Waals surface area contributed by atoms with Crippen LogP contribution in [0.5, 0.6) is 11.5 Å². The van der Waals surface area contributed by atoms with Gasteiger partial charge in [0, 0.05) is 30.5 Å². The fourth-order valence-electron chi connectivity index (χ4n) is 2.49. The van der Waals surface area contributed by atoms with Gasteiger partial charge in [-0.2, -0.15) is 0 Å². The molecule has 0 saturated carbocycles. The number of nitrogens with zero attached hydrogens (tertiary/aromatic N) is 1. The normalized spacial score (nSPS) is 12.5. The van der Waals surface area contributed by atoms with E-state index >= 15 is 0 Å². The molecule has 0 bridgehead atoms. The van der Waals surface area contributed by atoms with Gasteiger partial charge in [-0.3, -0.25) is 4.98 Å². The maximum absolute atomic E-state index is 9.49. The quantitative estimate of drug-likeness (QED) is 0.425. The first-order chi connectivity index (χ1) is 15.5. The Morgan fingerprint density at radius 2 is 1.58 bits per heavy atom. The van der Waals surface area contributed by atoms with Crippen molar-refractivity contribution < 1.29 is 14.6 Å². The Labute approximate surface area is 205 Å². The Bertz CT molecular complexity index is 778. The summed E-state index contributed by atoms with van der Waals surface area (Å²) in [4.78, 5) is 4.33. The van der Waals surface area contributed by atoms with Crippen molar-refractivity contribution in [2.45, 2.75) is 72.0 Å². The molecule has 33 heavy (non-hydrogen) atoms. The third kappa shape index (κ3) is 10.4. The third-order valence-electron chi connectivity index (χ3n) is 5.74. The Morgan fingerprint density at radius 1 is 0.970 bits per heavy atom. The second kappa shape index (κ2) is 15.2. The summed E-state index contributed by atoms with van der Waals surface area (Å²) in [6.45, 7) is 15.9. The highest BCUT2D eigenvalue weighted by atomic mass is 32.3. The van der Waals surface area contributed by atoms with Gasteiger partial charge in [0.05, 0.1) is 13.7 Å². The molecule has 2 aromatic rings. The number of hydrogen-bond acceptors (Lipinski definition) is 4. The van der Waals surface area contributed by atoms with Crippen LogP contribution in [-0.2, 0) is 0 Å². The SMILES string of the molecule is CC.CC(C)(C)S(C)(C)C.CCCOc1cc(-c2cncc(C(CC)CO)c2)ccc1OC. The Balaban J connectivity index is 0.000000868. The van der Waals surface area contributed by atoms with E-state index < -0.39 is 0 Å². The number of aliphatic hydroxyl groups is 1. The minimum Gasteiger partial charge on any atom is -0.493 e. The van der Waals surface area contributed by atoms with Crippen LogP contribution in [0.1, 0.15) is 72.8 Å². The smallest absolute Gasteiger partial charge is 0.161 e. The van der Waals surface area contributed by atoms with Crippen molar-refractivity contribution in [1.29, 1.82) is 0 Å². The van der Waals surface area contributed by atoms with E-state index in [1.807, 2.05) is 44.4 Å². The first-order valence-corrected chi connectivity index (χ1v) is 14.9. The summed E-state index contributed by atoms with van der Waals surface area (Å²) in [5, 5.41) is 9.49. The molecule has 2 rings (SSSR count). The number of aromatic nitrogens is 1. The van der Waals surface area contributed by atoms with Gasteiger partial charge in [0.15, 0.2) is 11.5 Å². The molecule has 0 aliphatic heterocycles. The Morgan fingerprint density at radius 3 is 2.03 bits per heavy atom. The van der Waals surface area contributed by atoms with E-state index in [1.54, 1.807) is 7.11 Å². The summed E-state index contributed by atoms with van der Waals surface area (Å²) in [5.74, 6) is 1.59. The van der Waals surface area contributed by atoms with Crippen LogP contribution in [-0.4, -0.2) is 53.9 Å². The topological polar surface area (TPSA) is 51.6 Å². The molecule has 0 saturated heterocycles. The van der Waals surface area contributed by atoms with Crippen LogP contribution in [0.15, 0.2) is 36.7 Å². The maximum Gasteiger partial charge on any atom is 0.161 e. The molecule has 4 nitrogen and oxygen atoms in total. The molecule has 0 amide bonds. The zero-order chi connectivity index (χ0) is 25.7. The summed E-state index contributed by atoms with van der Waals surface area (Å²) in [7, 11) is 1.30. The number of hydrogen-bond donors (Lipinski definition) is 1. The van der Waals surface area contributed by atoms with Gasteiger partial charge in [0.25, 0.3) is 0 Å². The van der Waals surface area contributed by atoms with Gasteiger partial charge in [-0.05, 0) is 65.7 Å². The fourth-order valence-corrected chi connectivity index (χ4v) is 2.49. The zero-order valence-electron chi connectivity index (χ0n) is 23.0. The first-order valence-electron chi connectivity index (χ1n) is 12.0. The number of ether oxygens (including phenoxy) is 2. The van der Waals surface area contributed by atoms with Crippen molar-refractivity contribution in [2.24, 2.45) is 0 Å². The highest BCUT2D eigenvalue weighted by Gasteiger charge is 2.22. The molecule has 0 radical (unpaired) electrons. The van der Waals surface area contributed by atoms with Crippen LogP contribution >= 0.6 is 10.0 Å². The molecule has 1 aromatic heterocycles. The van der Waals surface area contributed by atoms with Crippen molar-refractivity contribution >= 4 is 10.0 Å². The molecule has 0 spiro atoms. The molecule has 0 aliphatic rings. The van der Waals surface area contributed by atoms with Crippen molar-refractivity contribution in [3.8, 4) is 22.6 Å². The molecule has 1 aromatic carbocycles. The molecule has 0 aliphatic carbocycles. The predicted octanol–water partition coefficient (Wildman–Crippen LogP) is 7.54. The summed E-state index contributed by atoms with van der Waals surface area (Å²) in [6, 6.07) is 7.98. The van der Waals surface area contributed by atoms with E-state index in [0.29, 0.717) is 11.4 Å². The molecule has 1 atom stereocenters. The molecule has 1 unspecified atom stereocenters.